The van der Waals surface area contributed by atoms with E-state index in [2.05, 4.69) is 0 Å². The first-order chi connectivity index (χ1) is 10.1. The van der Waals surface area contributed by atoms with Crippen LogP contribution in [0.1, 0.15) is 43.0 Å². The molecule has 0 aliphatic heterocycles. The van der Waals surface area contributed by atoms with Crippen molar-refractivity contribution in [3.63, 3.8) is 0 Å². The Morgan fingerprint density at radius 1 is 1.32 bits per heavy atom. The number of carboxylic acid groups (broad SMARTS) is 1. The zero-order chi connectivity index (χ0) is 16.5. The van der Waals surface area contributed by atoms with Crippen LogP contribution in [0.5, 0.6) is 5.75 Å². The molecule has 0 atom stereocenters. The zero-order valence-electron chi connectivity index (χ0n) is 11.9. The Morgan fingerprint density at radius 3 is 2.45 bits per heavy atom. The van der Waals surface area contributed by atoms with Crippen molar-refractivity contribution in [3.05, 3.63) is 28.5 Å². The number of carboxylic acids is 1. The van der Waals surface area contributed by atoms with Crippen LogP contribution < -0.4 is 9.84 Å². The van der Waals surface area contributed by atoms with Gasteiger partial charge in [-0.2, -0.15) is 0 Å². The van der Waals surface area contributed by atoms with Crippen molar-refractivity contribution >= 4 is 17.6 Å². The Morgan fingerprint density at radius 2 is 1.91 bits per heavy atom. The number of hydrogen-bond donors (Lipinski definition) is 0. The lowest BCUT2D eigenvalue weighted by Crippen LogP contribution is -2.35. The van der Waals surface area contributed by atoms with Crippen LogP contribution in [0, 0.1) is 11.2 Å². The molecule has 22 heavy (non-hydrogen) atoms. The minimum absolute atomic E-state index is 0.0114. The average molecular weight is 336 g/mol. The summed E-state index contributed by atoms with van der Waals surface area (Å²) in [5.41, 5.74) is -1.10. The maximum absolute atomic E-state index is 13.6. The van der Waals surface area contributed by atoms with Gasteiger partial charge in [-0.1, -0.05) is 18.5 Å². The first kappa shape index (κ1) is 16.9. The molecule has 1 fully saturated rings. The van der Waals surface area contributed by atoms with Crippen molar-refractivity contribution in [1.82, 2.24) is 0 Å². The number of aromatic carboxylic acids is 1. The molecule has 1 aromatic rings. The fourth-order valence-corrected chi connectivity index (χ4v) is 2.63. The number of ether oxygens (including phenoxy) is 1. The van der Waals surface area contributed by atoms with Crippen LogP contribution in [0.3, 0.4) is 0 Å². The third-order valence-corrected chi connectivity index (χ3v) is 4.30. The lowest BCUT2D eigenvalue weighted by atomic mass is 9.75. The minimum atomic E-state index is -2.64. The first-order valence-electron chi connectivity index (χ1n) is 6.83. The van der Waals surface area contributed by atoms with E-state index in [-0.39, 0.29) is 43.1 Å². The van der Waals surface area contributed by atoms with Crippen molar-refractivity contribution in [1.29, 1.82) is 0 Å². The Kier molecular flexibility index (Phi) is 4.61. The molecule has 1 aliphatic rings. The van der Waals surface area contributed by atoms with Gasteiger partial charge in [0.15, 0.2) is 0 Å². The van der Waals surface area contributed by atoms with Gasteiger partial charge in [0.25, 0.3) is 0 Å². The van der Waals surface area contributed by atoms with Gasteiger partial charge in [-0.15, -0.1) is 0 Å². The minimum Gasteiger partial charge on any atom is -0.545 e. The van der Waals surface area contributed by atoms with E-state index in [1.807, 2.05) is 6.92 Å². The van der Waals surface area contributed by atoms with Gasteiger partial charge in [-0.25, -0.2) is 13.2 Å². The van der Waals surface area contributed by atoms with Gasteiger partial charge < -0.3 is 14.6 Å². The number of carbonyl (C=O) groups excluding carboxylic acids is 1. The molecule has 0 spiro atoms. The van der Waals surface area contributed by atoms with Gasteiger partial charge in [0, 0.05) is 29.9 Å². The highest BCUT2D eigenvalue weighted by atomic mass is 35.5. The molecule has 3 nitrogen and oxygen atoms in total. The van der Waals surface area contributed by atoms with Crippen LogP contribution in [-0.4, -0.2) is 18.5 Å². The molecule has 0 heterocycles. The van der Waals surface area contributed by atoms with Crippen molar-refractivity contribution < 1.29 is 27.8 Å². The fraction of sp³-hybridized carbons (Fsp3) is 0.533. The van der Waals surface area contributed by atoms with Crippen molar-refractivity contribution in [2.75, 3.05) is 6.61 Å². The summed E-state index contributed by atoms with van der Waals surface area (Å²) in [5, 5.41) is 10.6. The van der Waals surface area contributed by atoms with E-state index in [4.69, 9.17) is 16.3 Å². The molecule has 0 aromatic heterocycles. The third-order valence-electron chi connectivity index (χ3n) is 4.01. The summed E-state index contributed by atoms with van der Waals surface area (Å²) in [6.07, 6.45) is 0.158. The topological polar surface area (TPSA) is 49.4 Å². The molecule has 1 aliphatic carbocycles. The molecule has 0 amide bonds. The van der Waals surface area contributed by atoms with E-state index in [1.165, 1.54) is 0 Å². The highest BCUT2D eigenvalue weighted by Gasteiger charge is 2.41. The number of halogens is 4. The molecule has 122 valence electrons. The zero-order valence-corrected chi connectivity index (χ0v) is 12.7. The van der Waals surface area contributed by atoms with E-state index in [0.717, 1.165) is 12.1 Å². The molecule has 0 N–H and O–H groups in total. The summed E-state index contributed by atoms with van der Waals surface area (Å²) >= 11 is 5.85. The molecule has 7 heteroatoms. The van der Waals surface area contributed by atoms with Crippen LogP contribution >= 0.6 is 11.6 Å². The third kappa shape index (κ3) is 3.85. The number of benzene rings is 1. The number of hydrogen-bond acceptors (Lipinski definition) is 3. The molecule has 2 rings (SSSR count). The van der Waals surface area contributed by atoms with Crippen LogP contribution in [0.2, 0.25) is 5.02 Å². The molecule has 0 unspecified atom stereocenters. The van der Waals surface area contributed by atoms with Gasteiger partial charge >= 0.3 is 0 Å². The molecule has 0 saturated heterocycles. The van der Waals surface area contributed by atoms with E-state index in [1.54, 1.807) is 0 Å². The van der Waals surface area contributed by atoms with Gasteiger partial charge in [0.1, 0.15) is 11.6 Å². The van der Waals surface area contributed by atoms with E-state index >= 15 is 0 Å². The quantitative estimate of drug-likeness (QED) is 0.847. The maximum Gasteiger partial charge on any atom is 0.248 e. The van der Waals surface area contributed by atoms with Crippen LogP contribution in [0.15, 0.2) is 12.1 Å². The molecule has 0 bridgehead atoms. The average Bonchev–Trinajstić information content (AvgIpc) is 2.43. The van der Waals surface area contributed by atoms with Crippen molar-refractivity contribution in [2.45, 2.75) is 38.5 Å². The molecule has 1 saturated carbocycles. The first-order valence-corrected chi connectivity index (χ1v) is 7.21. The SMILES string of the molecule is CC1(COc2cc(F)c(C(=O)[O-])cc2Cl)CCC(F)(F)CC1. The highest BCUT2D eigenvalue weighted by Crippen LogP contribution is 2.43. The smallest absolute Gasteiger partial charge is 0.248 e. The lowest BCUT2D eigenvalue weighted by Gasteiger charge is -2.36. The summed E-state index contributed by atoms with van der Waals surface area (Å²) in [4.78, 5) is 10.7. The van der Waals surface area contributed by atoms with Crippen molar-refractivity contribution in [2.24, 2.45) is 5.41 Å². The number of rotatable bonds is 4. The van der Waals surface area contributed by atoms with Crippen LogP contribution in [0.25, 0.3) is 0 Å². The van der Waals surface area contributed by atoms with Gasteiger partial charge in [-0.05, 0) is 18.9 Å². The predicted octanol–water partition coefficient (Wildman–Crippen LogP) is 3.44. The number of carbonyl (C=O) groups is 1. The molecular weight excluding hydrogens is 321 g/mol. The Bertz CT molecular complexity index is 580. The van der Waals surface area contributed by atoms with Crippen LogP contribution in [0.4, 0.5) is 13.2 Å². The second-order valence-corrected chi connectivity index (χ2v) is 6.41. The normalized spacial score (nSPS) is 19.7. The molecule has 0 radical (unpaired) electrons. The second kappa shape index (κ2) is 5.99. The lowest BCUT2D eigenvalue weighted by molar-refractivity contribution is -0.255. The van der Waals surface area contributed by atoms with E-state index in [9.17, 15) is 23.1 Å². The summed E-state index contributed by atoms with van der Waals surface area (Å²) in [7, 11) is 0. The Labute approximate surface area is 131 Å². The summed E-state index contributed by atoms with van der Waals surface area (Å²) < 4.78 is 45.4. The summed E-state index contributed by atoms with van der Waals surface area (Å²) in [5.74, 6) is -5.34. The monoisotopic (exact) mass is 335 g/mol. The molecule has 1 aromatic carbocycles. The largest absolute Gasteiger partial charge is 0.545 e. The van der Waals surface area contributed by atoms with Crippen molar-refractivity contribution in [3.8, 4) is 5.75 Å². The standard InChI is InChI=1S/C15H16ClF3O3/c1-14(2-4-15(18,19)5-3-14)8-22-12-7-11(17)9(13(20)21)6-10(12)16/h6-7H,2-5,8H2,1H3,(H,20,21)/p-1. The summed E-state index contributed by atoms with van der Waals surface area (Å²) in [6.45, 7) is 1.93. The molecular formula is C15H15ClF3O3-. The summed E-state index contributed by atoms with van der Waals surface area (Å²) in [6, 6.07) is 1.78. The van der Waals surface area contributed by atoms with E-state index < -0.39 is 28.7 Å². The maximum atomic E-state index is 13.6. The van der Waals surface area contributed by atoms with Gasteiger partial charge in [-0.3, -0.25) is 0 Å². The Balaban J connectivity index is 2.06. The van der Waals surface area contributed by atoms with Gasteiger partial charge in [0.2, 0.25) is 5.92 Å². The second-order valence-electron chi connectivity index (χ2n) is 6.01. The van der Waals surface area contributed by atoms with Gasteiger partial charge in [0.05, 0.1) is 17.6 Å². The van der Waals surface area contributed by atoms with E-state index in [0.29, 0.717) is 0 Å². The fourth-order valence-electron chi connectivity index (χ4n) is 2.41. The predicted molar refractivity (Wildman–Crippen MR) is 72.8 cm³/mol. The Hall–Kier alpha value is -1.43. The van der Waals surface area contributed by atoms with Crippen LogP contribution in [-0.2, 0) is 0 Å². The number of alkyl halides is 2. The highest BCUT2D eigenvalue weighted by molar-refractivity contribution is 6.32.